The van der Waals surface area contributed by atoms with Crippen LogP contribution in [0.1, 0.15) is 0 Å². The largest absolute Gasteiger partial charge is 0.450 e. The molecular weight excluding hydrogens is 116 g/mol. The van der Waals surface area contributed by atoms with Crippen LogP contribution in [0.2, 0.25) is 0 Å². The van der Waals surface area contributed by atoms with Gasteiger partial charge in [-0.15, -0.1) is 0 Å². The molecule has 1 aromatic rings. The molecule has 1 heterocycles. The number of hydrogen-bond acceptors (Lipinski definition) is 2. The van der Waals surface area contributed by atoms with Gasteiger partial charge in [0.05, 0.1) is 0 Å². The third kappa shape index (κ3) is 1.21. The molecule has 0 unspecified atom stereocenters. The Kier molecular flexibility index (Phi) is 1.70. The quantitative estimate of drug-likeness (QED) is 0.538. The second-order valence-electron chi connectivity index (χ2n) is 1.55. The van der Waals surface area contributed by atoms with Gasteiger partial charge in [0.15, 0.2) is 11.5 Å². The third-order valence-corrected chi connectivity index (χ3v) is 1.03. The normalized spacial score (nSPS) is 10.0. The summed E-state index contributed by atoms with van der Waals surface area (Å²) in [6.45, 7) is 0. The van der Waals surface area contributed by atoms with Crippen molar-refractivity contribution < 1.29 is 9.84 Å². The zero-order valence-corrected chi connectivity index (χ0v) is 5.16. The van der Waals surface area contributed by atoms with Crippen LogP contribution in [-0.2, 0) is 0 Å². The number of aliphatic hydroxyl groups is 1. The van der Waals surface area contributed by atoms with Gasteiger partial charge in [-0.3, -0.25) is 0 Å². The molecule has 9 heavy (non-hydrogen) atoms. The van der Waals surface area contributed by atoms with Crippen molar-refractivity contribution in [3.8, 4) is 11.5 Å². The van der Waals surface area contributed by atoms with Gasteiger partial charge in [-0.1, -0.05) is 12.1 Å². The van der Waals surface area contributed by atoms with Crippen LogP contribution in [0.25, 0.3) is 0 Å². The average Bonchev–Trinajstić information content (AvgIpc) is 2.69. The number of para-hydroxylation sites is 2. The van der Waals surface area contributed by atoms with Crippen LogP contribution < -0.4 is 4.74 Å². The van der Waals surface area contributed by atoms with Crippen molar-refractivity contribution in [2.45, 2.75) is 0 Å². The number of rotatable bonds is 0. The Balaban J connectivity index is 0.000000186. The molecule has 0 amide bonds. The van der Waals surface area contributed by atoms with Crippen molar-refractivity contribution in [1.82, 2.24) is 0 Å². The fourth-order valence-electron chi connectivity index (χ4n) is 0.611. The van der Waals surface area contributed by atoms with E-state index < -0.39 is 0 Å². The molecule has 0 aliphatic carbocycles. The highest BCUT2D eigenvalue weighted by Gasteiger charge is 2.15. The summed E-state index contributed by atoms with van der Waals surface area (Å²) in [7, 11) is 1.00. The van der Waals surface area contributed by atoms with Crippen molar-refractivity contribution in [3.63, 3.8) is 0 Å². The summed E-state index contributed by atoms with van der Waals surface area (Å²) in [6, 6.07) is 7.84. The lowest BCUT2D eigenvalue weighted by atomic mass is 10.4. The smallest absolute Gasteiger partial charge is 0.170 e. The number of fused-ring (bicyclic) bond motifs is 1. The third-order valence-electron chi connectivity index (χ3n) is 1.03. The molecule has 0 aromatic heterocycles. The Hall–Kier alpha value is -1.02. The van der Waals surface area contributed by atoms with E-state index in [4.69, 9.17) is 9.84 Å². The SMILES string of the molecule is CO.c1ccc2c(c1)O2. The minimum Gasteiger partial charge on any atom is -0.450 e. The number of aliphatic hydroxyl groups excluding tert-OH is 1. The Bertz CT molecular complexity index is 175. The van der Waals surface area contributed by atoms with Gasteiger partial charge in [0, 0.05) is 7.11 Å². The van der Waals surface area contributed by atoms with Crippen LogP contribution in [0.5, 0.6) is 11.5 Å². The van der Waals surface area contributed by atoms with Crippen molar-refractivity contribution in [2.75, 3.05) is 7.11 Å². The van der Waals surface area contributed by atoms with E-state index in [0.29, 0.717) is 0 Å². The molecule has 0 fully saturated rings. The highest BCUT2D eigenvalue weighted by atomic mass is 16.6. The van der Waals surface area contributed by atoms with E-state index in [2.05, 4.69) is 0 Å². The lowest BCUT2D eigenvalue weighted by molar-refractivity contribution is 0.399. The van der Waals surface area contributed by atoms with Gasteiger partial charge in [0.25, 0.3) is 0 Å². The van der Waals surface area contributed by atoms with E-state index >= 15 is 0 Å². The molecule has 0 spiro atoms. The monoisotopic (exact) mass is 124 g/mol. The first kappa shape index (κ1) is 6.11. The summed E-state index contributed by atoms with van der Waals surface area (Å²) in [4.78, 5) is 0. The van der Waals surface area contributed by atoms with Crippen LogP contribution in [-0.4, -0.2) is 12.2 Å². The Morgan fingerprint density at radius 1 is 1.11 bits per heavy atom. The van der Waals surface area contributed by atoms with Gasteiger partial charge >= 0.3 is 0 Å². The van der Waals surface area contributed by atoms with E-state index in [1.807, 2.05) is 24.3 Å². The van der Waals surface area contributed by atoms with Crippen molar-refractivity contribution in [2.24, 2.45) is 0 Å². The molecule has 1 aromatic carbocycles. The maximum atomic E-state index is 7.00. The van der Waals surface area contributed by atoms with Crippen LogP contribution >= 0.6 is 0 Å². The second kappa shape index (κ2) is 2.51. The summed E-state index contributed by atoms with van der Waals surface area (Å²) >= 11 is 0. The minimum absolute atomic E-state index is 1.00. The van der Waals surface area contributed by atoms with Crippen molar-refractivity contribution in [1.29, 1.82) is 0 Å². The van der Waals surface area contributed by atoms with Gasteiger partial charge in [-0.25, -0.2) is 0 Å². The van der Waals surface area contributed by atoms with E-state index in [1.54, 1.807) is 0 Å². The number of ether oxygens (including phenoxy) is 1. The van der Waals surface area contributed by atoms with Crippen molar-refractivity contribution >= 4 is 0 Å². The lowest BCUT2D eigenvalue weighted by Crippen LogP contribution is -1.37. The van der Waals surface area contributed by atoms with Gasteiger partial charge in [-0.2, -0.15) is 0 Å². The van der Waals surface area contributed by atoms with Gasteiger partial charge in [0.2, 0.25) is 0 Å². The Labute approximate surface area is 53.7 Å². The fraction of sp³-hybridized carbons (Fsp3) is 0.143. The average molecular weight is 124 g/mol. The zero-order valence-electron chi connectivity index (χ0n) is 5.16. The Morgan fingerprint density at radius 2 is 1.56 bits per heavy atom. The van der Waals surface area contributed by atoms with Crippen LogP contribution in [0.4, 0.5) is 0 Å². The standard InChI is InChI=1S/C6H4O.CH4O/c1-2-4-6-5(3-1)7-6;1-2/h1-4H;2H,1H3. The minimum atomic E-state index is 1.00. The first-order valence-corrected chi connectivity index (χ1v) is 2.68. The van der Waals surface area contributed by atoms with Gasteiger partial charge < -0.3 is 9.84 Å². The molecule has 2 nitrogen and oxygen atoms in total. The molecule has 0 bridgehead atoms. The van der Waals surface area contributed by atoms with Crippen LogP contribution in [0.3, 0.4) is 0 Å². The Morgan fingerprint density at radius 3 is 1.89 bits per heavy atom. The van der Waals surface area contributed by atoms with Gasteiger partial charge in [0.1, 0.15) is 0 Å². The molecule has 48 valence electrons. The fourth-order valence-corrected chi connectivity index (χ4v) is 0.611. The highest BCUT2D eigenvalue weighted by Crippen LogP contribution is 2.43. The summed E-state index contributed by atoms with van der Waals surface area (Å²) < 4.78 is 4.94. The molecule has 2 rings (SSSR count). The summed E-state index contributed by atoms with van der Waals surface area (Å²) in [5, 5.41) is 7.00. The molecule has 0 saturated heterocycles. The molecular formula is C7H8O2. The van der Waals surface area contributed by atoms with Crippen molar-refractivity contribution in [3.05, 3.63) is 24.3 Å². The molecule has 0 atom stereocenters. The van der Waals surface area contributed by atoms with E-state index in [1.165, 1.54) is 0 Å². The molecule has 1 aliphatic rings. The lowest BCUT2D eigenvalue weighted by Gasteiger charge is -1.61. The van der Waals surface area contributed by atoms with E-state index in [0.717, 1.165) is 18.6 Å². The van der Waals surface area contributed by atoms with Crippen LogP contribution in [0.15, 0.2) is 24.3 Å². The number of hydrogen-bond donors (Lipinski definition) is 1. The first-order chi connectivity index (χ1) is 4.47. The maximum Gasteiger partial charge on any atom is 0.170 e. The van der Waals surface area contributed by atoms with E-state index in [9.17, 15) is 0 Å². The topological polar surface area (TPSA) is 32.8 Å². The van der Waals surface area contributed by atoms with E-state index in [-0.39, 0.29) is 0 Å². The van der Waals surface area contributed by atoms with Gasteiger partial charge in [-0.05, 0) is 12.1 Å². The maximum absolute atomic E-state index is 7.00. The predicted octanol–water partition coefficient (Wildman–Crippen LogP) is 1.40. The first-order valence-electron chi connectivity index (χ1n) is 2.68. The highest BCUT2D eigenvalue weighted by molar-refractivity contribution is 5.53. The molecule has 0 saturated carbocycles. The summed E-state index contributed by atoms with van der Waals surface area (Å²) in [5.74, 6) is 2.06. The molecule has 1 aliphatic heterocycles. The molecule has 2 heteroatoms. The molecule has 1 N–H and O–H groups in total. The zero-order chi connectivity index (χ0) is 6.69. The second-order valence-corrected chi connectivity index (χ2v) is 1.55. The predicted molar refractivity (Wildman–Crippen MR) is 34.7 cm³/mol. The molecule has 0 radical (unpaired) electrons. The van der Waals surface area contributed by atoms with Crippen LogP contribution in [0, 0.1) is 0 Å². The summed E-state index contributed by atoms with van der Waals surface area (Å²) in [5.41, 5.74) is 0. The summed E-state index contributed by atoms with van der Waals surface area (Å²) in [6.07, 6.45) is 0. The number of benzene rings is 1.